The Balaban J connectivity index is 2.21. The van der Waals surface area contributed by atoms with Crippen LogP contribution in [-0.4, -0.2) is 36.9 Å². The molecule has 0 radical (unpaired) electrons. The Morgan fingerprint density at radius 2 is 2.26 bits per heavy atom. The monoisotopic (exact) mass is 284 g/mol. The van der Waals surface area contributed by atoms with Gasteiger partial charge in [-0.2, -0.15) is 0 Å². The molecule has 19 heavy (non-hydrogen) atoms. The standard InChI is InChI=1S/C14H24N2O2S/c1-5-16(6-7-18-4)13-15-10-8-14(2,3)9-11(17)12(10)19-13/h11,17H,5-9H2,1-4H3. The van der Waals surface area contributed by atoms with E-state index in [0.29, 0.717) is 6.61 Å². The highest BCUT2D eigenvalue weighted by Crippen LogP contribution is 2.44. The summed E-state index contributed by atoms with van der Waals surface area (Å²) in [6.07, 6.45) is 1.43. The van der Waals surface area contributed by atoms with E-state index >= 15 is 0 Å². The minimum absolute atomic E-state index is 0.140. The number of hydrogen-bond donors (Lipinski definition) is 1. The number of aliphatic hydroxyl groups excluding tert-OH is 1. The zero-order chi connectivity index (χ0) is 14.0. The van der Waals surface area contributed by atoms with Gasteiger partial charge in [0.15, 0.2) is 5.13 Å². The molecule has 0 aromatic carbocycles. The van der Waals surface area contributed by atoms with Crippen LogP contribution in [0.4, 0.5) is 5.13 Å². The molecule has 0 amide bonds. The number of fused-ring (bicyclic) bond motifs is 1. The number of likely N-dealkylation sites (N-methyl/N-ethyl adjacent to an activating group) is 1. The van der Waals surface area contributed by atoms with Gasteiger partial charge in [0.1, 0.15) is 0 Å². The van der Waals surface area contributed by atoms with Crippen molar-refractivity contribution in [1.29, 1.82) is 0 Å². The normalized spacial score (nSPS) is 21.2. The molecule has 0 fully saturated rings. The third kappa shape index (κ3) is 3.27. The summed E-state index contributed by atoms with van der Waals surface area (Å²) in [6.45, 7) is 8.97. The zero-order valence-corrected chi connectivity index (χ0v) is 13.1. The van der Waals surface area contributed by atoms with Gasteiger partial charge in [0.25, 0.3) is 0 Å². The molecule has 1 unspecified atom stereocenters. The lowest BCUT2D eigenvalue weighted by Crippen LogP contribution is -2.27. The van der Waals surface area contributed by atoms with Gasteiger partial charge in [-0.15, -0.1) is 0 Å². The second kappa shape index (κ2) is 5.77. The maximum Gasteiger partial charge on any atom is 0.185 e. The van der Waals surface area contributed by atoms with Crippen LogP contribution in [0, 0.1) is 5.41 Å². The van der Waals surface area contributed by atoms with Crippen LogP contribution in [0.3, 0.4) is 0 Å². The van der Waals surface area contributed by atoms with Gasteiger partial charge in [0, 0.05) is 20.2 Å². The van der Waals surface area contributed by atoms with Gasteiger partial charge in [0.2, 0.25) is 0 Å². The van der Waals surface area contributed by atoms with Crippen LogP contribution in [0.15, 0.2) is 0 Å². The van der Waals surface area contributed by atoms with E-state index in [1.165, 1.54) is 0 Å². The second-order valence-electron chi connectivity index (χ2n) is 5.94. The Morgan fingerprint density at radius 1 is 1.53 bits per heavy atom. The number of nitrogens with zero attached hydrogens (tertiary/aromatic N) is 2. The molecular formula is C14H24N2O2S. The molecular weight excluding hydrogens is 260 g/mol. The molecule has 1 aliphatic carbocycles. The fraction of sp³-hybridized carbons (Fsp3) is 0.786. The van der Waals surface area contributed by atoms with Crippen LogP contribution in [-0.2, 0) is 11.2 Å². The number of hydrogen-bond acceptors (Lipinski definition) is 5. The summed E-state index contributed by atoms with van der Waals surface area (Å²) in [4.78, 5) is 8.02. The molecule has 0 aliphatic heterocycles. The first-order valence-corrected chi connectivity index (χ1v) is 7.70. The maximum atomic E-state index is 10.3. The molecule has 4 nitrogen and oxygen atoms in total. The average Bonchev–Trinajstić information content (AvgIpc) is 2.72. The van der Waals surface area contributed by atoms with Crippen molar-refractivity contribution in [1.82, 2.24) is 4.98 Å². The minimum atomic E-state index is -0.355. The van der Waals surface area contributed by atoms with Crippen LogP contribution in [0.2, 0.25) is 0 Å². The summed E-state index contributed by atoms with van der Waals surface area (Å²) in [5.74, 6) is 0. The molecule has 2 rings (SSSR count). The quantitative estimate of drug-likeness (QED) is 0.903. The fourth-order valence-electron chi connectivity index (χ4n) is 2.60. The Morgan fingerprint density at radius 3 is 2.89 bits per heavy atom. The fourth-order valence-corrected chi connectivity index (χ4v) is 3.76. The molecule has 0 saturated carbocycles. The van der Waals surface area contributed by atoms with Crippen LogP contribution < -0.4 is 4.90 Å². The van der Waals surface area contributed by atoms with Crippen LogP contribution >= 0.6 is 11.3 Å². The topological polar surface area (TPSA) is 45.6 Å². The predicted octanol–water partition coefficient (Wildman–Crippen LogP) is 2.62. The Kier molecular flexibility index (Phi) is 4.48. The van der Waals surface area contributed by atoms with E-state index in [9.17, 15) is 5.11 Å². The lowest BCUT2D eigenvalue weighted by Gasteiger charge is -2.31. The molecule has 1 aromatic heterocycles. The predicted molar refractivity (Wildman–Crippen MR) is 78.9 cm³/mol. The molecule has 0 saturated heterocycles. The van der Waals surface area contributed by atoms with Crippen LogP contribution in [0.5, 0.6) is 0 Å². The number of rotatable bonds is 5. The van der Waals surface area contributed by atoms with Crippen molar-refractivity contribution in [2.45, 2.75) is 39.7 Å². The van der Waals surface area contributed by atoms with Gasteiger partial charge in [0.05, 0.1) is 23.3 Å². The summed E-state index contributed by atoms with van der Waals surface area (Å²) in [5, 5.41) is 11.3. The van der Waals surface area contributed by atoms with Crippen molar-refractivity contribution in [3.63, 3.8) is 0 Å². The average molecular weight is 284 g/mol. The molecule has 1 heterocycles. The van der Waals surface area contributed by atoms with Crippen molar-refractivity contribution in [3.8, 4) is 0 Å². The van der Waals surface area contributed by atoms with E-state index in [1.54, 1.807) is 18.4 Å². The highest BCUT2D eigenvalue weighted by Gasteiger charge is 2.34. The molecule has 1 N–H and O–H groups in total. The highest BCUT2D eigenvalue weighted by atomic mass is 32.1. The summed E-state index contributed by atoms with van der Waals surface area (Å²) in [6, 6.07) is 0. The molecule has 1 aliphatic rings. The maximum absolute atomic E-state index is 10.3. The smallest absolute Gasteiger partial charge is 0.185 e. The number of thiazole rings is 1. The zero-order valence-electron chi connectivity index (χ0n) is 12.3. The van der Waals surface area contributed by atoms with Crippen LogP contribution in [0.25, 0.3) is 0 Å². The first-order chi connectivity index (χ1) is 8.96. The van der Waals surface area contributed by atoms with Crippen molar-refractivity contribution >= 4 is 16.5 Å². The molecule has 1 aromatic rings. The van der Waals surface area contributed by atoms with Gasteiger partial charge in [-0.05, 0) is 25.2 Å². The molecule has 0 spiro atoms. The van der Waals surface area contributed by atoms with Crippen molar-refractivity contribution in [3.05, 3.63) is 10.6 Å². The van der Waals surface area contributed by atoms with E-state index in [2.05, 4.69) is 25.7 Å². The lowest BCUT2D eigenvalue weighted by atomic mass is 9.77. The van der Waals surface area contributed by atoms with Gasteiger partial charge in [-0.1, -0.05) is 25.2 Å². The van der Waals surface area contributed by atoms with Gasteiger partial charge < -0.3 is 14.7 Å². The number of aliphatic hydroxyl groups is 1. The van der Waals surface area contributed by atoms with Gasteiger partial charge in [-0.3, -0.25) is 0 Å². The largest absolute Gasteiger partial charge is 0.387 e. The Hall–Kier alpha value is -0.650. The third-order valence-electron chi connectivity index (χ3n) is 3.63. The van der Waals surface area contributed by atoms with E-state index in [4.69, 9.17) is 9.72 Å². The summed E-state index contributed by atoms with van der Waals surface area (Å²) in [7, 11) is 1.72. The molecule has 108 valence electrons. The molecule has 1 atom stereocenters. The summed E-state index contributed by atoms with van der Waals surface area (Å²) < 4.78 is 5.14. The molecule has 0 bridgehead atoms. The number of ether oxygens (including phenoxy) is 1. The Bertz CT molecular complexity index is 431. The second-order valence-corrected chi connectivity index (χ2v) is 6.95. The van der Waals surface area contributed by atoms with Crippen molar-refractivity contribution in [2.75, 3.05) is 31.7 Å². The summed E-state index contributed by atoms with van der Waals surface area (Å²) >= 11 is 1.64. The first-order valence-electron chi connectivity index (χ1n) is 6.88. The van der Waals surface area contributed by atoms with Gasteiger partial charge in [-0.25, -0.2) is 4.98 Å². The number of methoxy groups -OCH3 is 1. The molecule has 5 heteroatoms. The SMILES string of the molecule is CCN(CCOC)c1nc2c(s1)C(O)CC(C)(C)C2. The van der Waals surface area contributed by atoms with Crippen molar-refractivity contribution in [2.24, 2.45) is 5.41 Å². The van der Waals surface area contributed by atoms with Crippen LogP contribution in [0.1, 0.15) is 43.9 Å². The minimum Gasteiger partial charge on any atom is -0.387 e. The lowest BCUT2D eigenvalue weighted by molar-refractivity contribution is 0.102. The summed E-state index contributed by atoms with van der Waals surface area (Å²) in [5.41, 5.74) is 1.22. The van der Waals surface area contributed by atoms with E-state index in [0.717, 1.165) is 41.6 Å². The Labute approximate surface area is 119 Å². The van der Waals surface area contributed by atoms with E-state index in [-0.39, 0.29) is 11.5 Å². The number of anilines is 1. The highest BCUT2D eigenvalue weighted by molar-refractivity contribution is 7.15. The van der Waals surface area contributed by atoms with Crippen molar-refractivity contribution < 1.29 is 9.84 Å². The number of aromatic nitrogens is 1. The van der Waals surface area contributed by atoms with Gasteiger partial charge >= 0.3 is 0 Å². The van der Waals surface area contributed by atoms with E-state index < -0.39 is 0 Å². The van der Waals surface area contributed by atoms with E-state index in [1.807, 2.05) is 0 Å². The first kappa shape index (κ1) is 14.8. The third-order valence-corrected chi connectivity index (χ3v) is 4.89.